The first kappa shape index (κ1) is 67.1. The van der Waals surface area contributed by atoms with E-state index in [0.29, 0.717) is 19.3 Å². The van der Waals surface area contributed by atoms with Gasteiger partial charge in [-0.05, 0) is 44.1 Å². The molecular weight excluding hydrogens is 1030 g/mol. The molecule has 1 aromatic heterocycles. The van der Waals surface area contributed by atoms with Crippen molar-refractivity contribution in [3.05, 3.63) is 47.1 Å². The van der Waals surface area contributed by atoms with E-state index >= 15 is 0 Å². The first-order chi connectivity index (χ1) is 36.3. The van der Waals surface area contributed by atoms with Crippen molar-refractivity contribution in [2.75, 3.05) is 25.6 Å². The summed E-state index contributed by atoms with van der Waals surface area (Å²) in [6.45, 7) is 3.82. The highest BCUT2D eigenvalue weighted by Crippen LogP contribution is 2.60. The number of nitrogen functional groups attached to an aromatic ring is 1. The summed E-state index contributed by atoms with van der Waals surface area (Å²) >= 11 is 0. The number of carbonyl (C=O) groups is 3. The maximum Gasteiger partial charge on any atom is 0.481 e. The molecule has 12 atom stereocenters. The van der Waals surface area contributed by atoms with Crippen LogP contribution in [0.5, 0.6) is 0 Å². The van der Waals surface area contributed by atoms with Crippen LogP contribution in [0.2, 0.25) is 0 Å². The number of Topliss-reactive ketones (excluding diaryl/α,β-unsaturated/α-hetero) is 1. The monoisotopic (exact) mass is 1120 g/mol. The van der Waals surface area contributed by atoms with Crippen molar-refractivity contribution in [3.8, 4) is 0 Å². The zero-order valence-corrected chi connectivity index (χ0v) is 47.0. The zero-order chi connectivity index (χ0) is 55.9. The molecule has 3 heterocycles. The molecule has 0 radical (unpaired) electrons. The summed E-state index contributed by atoms with van der Waals surface area (Å²) in [7, 11) is -11.3. The Kier molecular flexibility index (Phi) is 32.6. The van der Waals surface area contributed by atoms with Crippen LogP contribution in [0.4, 0.5) is 5.82 Å². The Balaban J connectivity index is 1.70. The number of cyclic esters (lactones) is 1. The molecule has 3 unspecified atom stereocenters. The van der Waals surface area contributed by atoms with Crippen molar-refractivity contribution in [3.63, 3.8) is 0 Å². The normalized spacial score (nSPS) is 28.7. The van der Waals surface area contributed by atoms with Gasteiger partial charge in [-0.3, -0.25) is 28.0 Å². The number of phosphoric ester groups is 2. The molecule has 0 spiro atoms. The number of aromatic nitrogens is 2. The van der Waals surface area contributed by atoms with Crippen LogP contribution >= 0.6 is 15.6 Å². The molecule has 0 aliphatic carbocycles. The van der Waals surface area contributed by atoms with Crippen molar-refractivity contribution >= 4 is 39.2 Å². The quantitative estimate of drug-likeness (QED) is 0.0187. The number of unbranched alkanes of at least 4 members (excludes halogenated alkanes) is 15. The molecule has 76 heavy (non-hydrogen) atoms. The number of carbonyl (C=O) groups excluding carboxylic acids is 3. The molecule has 2 aliphatic rings. The number of nitrogens with zero attached hydrogens (tertiary/aromatic N) is 2. The Bertz CT molecular complexity index is 2060. The van der Waals surface area contributed by atoms with Gasteiger partial charge in [0.1, 0.15) is 36.6 Å². The van der Waals surface area contributed by atoms with Gasteiger partial charge in [-0.25, -0.2) is 13.9 Å². The minimum atomic E-state index is -5.72. The summed E-state index contributed by atoms with van der Waals surface area (Å²) in [5, 5.41) is 45.7. The minimum Gasteiger partial charge on any atom is -0.462 e. The maximum absolute atomic E-state index is 14.0. The average Bonchev–Trinajstić information content (AvgIpc) is 3.36. The summed E-state index contributed by atoms with van der Waals surface area (Å²) in [6, 6.07) is 1.23. The Labute approximate surface area is 449 Å². The molecule has 1 saturated heterocycles. The van der Waals surface area contributed by atoms with Gasteiger partial charge in [-0.1, -0.05) is 161 Å². The number of ketones is 1. The zero-order valence-electron chi connectivity index (χ0n) is 45.2. The fourth-order valence-corrected chi connectivity index (χ4v) is 11.2. The van der Waals surface area contributed by atoms with E-state index < -0.39 is 120 Å². The van der Waals surface area contributed by atoms with Gasteiger partial charge in [0.2, 0.25) is 0 Å². The van der Waals surface area contributed by atoms with Crippen LogP contribution in [-0.2, 0) is 51.1 Å². The number of nitrogens with two attached hydrogens (primary N) is 1. The lowest BCUT2D eigenvalue weighted by atomic mass is 9.83. The molecule has 0 amide bonds. The van der Waals surface area contributed by atoms with E-state index in [1.165, 1.54) is 95.0 Å². The lowest BCUT2D eigenvalue weighted by Gasteiger charge is -2.39. The van der Waals surface area contributed by atoms with Crippen molar-refractivity contribution in [1.82, 2.24) is 9.55 Å². The van der Waals surface area contributed by atoms with E-state index in [1.54, 1.807) is 12.2 Å². The number of rotatable bonds is 27. The Morgan fingerprint density at radius 3 is 2.08 bits per heavy atom. The van der Waals surface area contributed by atoms with Crippen LogP contribution in [0.1, 0.15) is 194 Å². The first-order valence-electron chi connectivity index (χ1n) is 27.8. The first-order valence-corrected chi connectivity index (χ1v) is 30.8. The van der Waals surface area contributed by atoms with Crippen LogP contribution in [0.15, 0.2) is 41.4 Å². The topological polar surface area (TPSA) is 323 Å². The molecule has 436 valence electrons. The number of hydrogen-bond acceptors (Lipinski definition) is 18. The number of allylic oxidation sites excluding steroid dienone is 2. The third-order valence-corrected chi connectivity index (χ3v) is 16.5. The van der Waals surface area contributed by atoms with Gasteiger partial charge in [0.15, 0.2) is 6.10 Å². The van der Waals surface area contributed by atoms with Crippen LogP contribution in [0.25, 0.3) is 0 Å². The number of aliphatic hydroxyl groups excluding tert-OH is 4. The average molecular weight is 1120 g/mol. The van der Waals surface area contributed by atoms with E-state index in [-0.39, 0.29) is 37.9 Å². The number of fused-ring (bicyclic) bond motifs is 3. The third kappa shape index (κ3) is 27.1. The van der Waals surface area contributed by atoms with Crippen molar-refractivity contribution in [2.45, 2.75) is 231 Å². The van der Waals surface area contributed by atoms with Crippen LogP contribution in [0, 0.1) is 17.8 Å². The highest BCUT2D eigenvalue weighted by atomic mass is 31.3. The van der Waals surface area contributed by atoms with E-state index in [1.807, 2.05) is 6.92 Å². The van der Waals surface area contributed by atoms with Gasteiger partial charge in [-0.15, -0.1) is 0 Å². The van der Waals surface area contributed by atoms with Crippen LogP contribution in [-0.4, -0.2) is 114 Å². The van der Waals surface area contributed by atoms with Gasteiger partial charge in [0.25, 0.3) is 0 Å². The lowest BCUT2D eigenvalue weighted by molar-refractivity contribution is -0.186. The standard InChI is InChI=1S/C53H91N3O18P2/c1-4-6-21-27-40(57)31-32-42-44(58)35-45(59)43-28-23-19-20-25-30-49(61)72-41(36-69-48(60)29-24-18-16-14-12-10-8-7-9-11-13-15-17-22-26-39(3)5-2)37-70-75(65,66)74-76(67,68)71-38-46(51(63)50(42)62)73-52(43)56-34-33-47(54)55-53(56)64/h19,23,31-34,39-43,45-46,50-52,57,59,62-63H,4-18,20-22,24-30,35-38H2,1-3H3,(H,65,66)(H,67,68)(H2,54,55,64)/t39?,40-,41+,42-,43-,45-,46+,50-,51+,52+/m0/s1. The molecular formula is C53H91N3O18P2. The maximum atomic E-state index is 14.0. The Morgan fingerprint density at radius 2 is 1.46 bits per heavy atom. The molecule has 0 aromatic carbocycles. The predicted octanol–water partition coefficient (Wildman–Crippen LogP) is 8.62. The summed E-state index contributed by atoms with van der Waals surface area (Å²) in [4.78, 5) is 78.1. The molecule has 2 bridgehead atoms. The third-order valence-electron chi connectivity index (χ3n) is 13.9. The SMILES string of the molecule is CCCCC[C@H](O)C=C[C@H]1C(=O)C[C@H](O)[C@@H]2CC=CCCCC(=O)O[C@H](COC(=O)CCCCCCCCCCCCCCCCC(C)CC)COP(=O)(O)OP(=O)(O)OC[C@@H](O[C@H]2n2ccc(N)nc2=O)[C@@H](O)[C@H]1O. The second-order valence-corrected chi connectivity index (χ2v) is 23.5. The molecule has 2 aliphatic heterocycles. The van der Waals surface area contributed by atoms with Crippen LogP contribution < -0.4 is 11.4 Å². The Morgan fingerprint density at radius 1 is 0.855 bits per heavy atom. The molecule has 0 saturated carbocycles. The second kappa shape index (κ2) is 36.9. The van der Waals surface area contributed by atoms with E-state index in [4.69, 9.17) is 29.0 Å². The van der Waals surface area contributed by atoms with Gasteiger partial charge in [-0.2, -0.15) is 9.29 Å². The lowest BCUT2D eigenvalue weighted by Crippen LogP contribution is -2.51. The summed E-state index contributed by atoms with van der Waals surface area (Å²) in [6.07, 6.45) is 15.9. The van der Waals surface area contributed by atoms with Gasteiger partial charge in [0.05, 0.1) is 37.4 Å². The number of aliphatic hydroxyl groups is 4. The van der Waals surface area contributed by atoms with Crippen molar-refractivity contribution < 1.29 is 81.3 Å². The summed E-state index contributed by atoms with van der Waals surface area (Å²) < 4.78 is 59.0. The molecule has 3 rings (SSSR count). The fourth-order valence-electron chi connectivity index (χ4n) is 9.10. The molecule has 1 fully saturated rings. The smallest absolute Gasteiger partial charge is 0.462 e. The van der Waals surface area contributed by atoms with E-state index in [0.717, 1.165) is 49.0 Å². The Hall–Kier alpha value is -3.17. The van der Waals surface area contributed by atoms with Crippen molar-refractivity contribution in [2.24, 2.45) is 17.8 Å². The number of hydrogen-bond donors (Lipinski definition) is 7. The predicted molar refractivity (Wildman–Crippen MR) is 285 cm³/mol. The van der Waals surface area contributed by atoms with Gasteiger partial charge >= 0.3 is 33.3 Å². The van der Waals surface area contributed by atoms with E-state index in [9.17, 15) is 58.5 Å². The largest absolute Gasteiger partial charge is 0.481 e. The number of phosphoric acid groups is 2. The number of esters is 2. The molecule has 21 nitrogen and oxygen atoms in total. The fraction of sp³-hybridized carbons (Fsp3) is 0.792. The molecule has 23 heteroatoms. The number of ether oxygens (including phenoxy) is 3. The summed E-state index contributed by atoms with van der Waals surface area (Å²) in [5.74, 6) is -4.36. The van der Waals surface area contributed by atoms with Crippen LogP contribution in [0.3, 0.4) is 0 Å². The second-order valence-electron chi connectivity index (χ2n) is 20.5. The van der Waals surface area contributed by atoms with Gasteiger partial charge in [0, 0.05) is 31.4 Å². The van der Waals surface area contributed by atoms with E-state index in [2.05, 4.69) is 23.1 Å². The molecule has 8 N–H and O–H groups in total. The highest BCUT2D eigenvalue weighted by Gasteiger charge is 2.45. The summed E-state index contributed by atoms with van der Waals surface area (Å²) in [5.41, 5.74) is 4.75. The number of anilines is 1. The van der Waals surface area contributed by atoms with Crippen molar-refractivity contribution in [1.29, 1.82) is 0 Å². The minimum absolute atomic E-state index is 0.0801. The van der Waals surface area contributed by atoms with Gasteiger partial charge < -0.3 is 50.2 Å². The molecule has 1 aromatic rings. The highest BCUT2D eigenvalue weighted by molar-refractivity contribution is 7.61.